The minimum Gasteiger partial charge on any atom is -0.293 e. The van der Waals surface area contributed by atoms with Gasteiger partial charge in [-0.25, -0.2) is 17.5 Å². The van der Waals surface area contributed by atoms with Crippen LogP contribution in [0.1, 0.15) is 25.5 Å². The maximum Gasteiger partial charge on any atom is 0.264 e. The zero-order valence-electron chi connectivity index (χ0n) is 20.2. The Labute approximate surface area is 214 Å². The van der Waals surface area contributed by atoms with Gasteiger partial charge in [0, 0.05) is 43.6 Å². The molecule has 1 fully saturated rings. The largest absolute Gasteiger partial charge is 0.293 e. The maximum atomic E-state index is 13.4. The van der Waals surface area contributed by atoms with Crippen molar-refractivity contribution in [1.29, 1.82) is 0 Å². The van der Waals surface area contributed by atoms with Gasteiger partial charge in [-0.05, 0) is 47.9 Å². The average molecular weight is 532 g/mol. The Hall–Kier alpha value is -2.86. The van der Waals surface area contributed by atoms with Crippen molar-refractivity contribution in [3.8, 4) is 5.69 Å². The van der Waals surface area contributed by atoms with Crippen LogP contribution < -0.4 is 0 Å². The molecule has 1 atom stereocenters. The van der Waals surface area contributed by atoms with Crippen LogP contribution in [0.15, 0.2) is 53.8 Å². The molecule has 0 spiro atoms. The fourth-order valence-electron chi connectivity index (χ4n) is 4.68. The van der Waals surface area contributed by atoms with Crippen LogP contribution in [0.3, 0.4) is 0 Å². The second-order valence-corrected chi connectivity index (χ2v) is 11.7. The highest BCUT2D eigenvalue weighted by Gasteiger charge is 2.37. The van der Waals surface area contributed by atoms with Gasteiger partial charge < -0.3 is 0 Å². The van der Waals surface area contributed by atoms with Crippen molar-refractivity contribution in [1.82, 2.24) is 34.0 Å². The first kappa shape index (κ1) is 24.8. The Morgan fingerprint density at radius 2 is 1.86 bits per heavy atom. The molecule has 5 rings (SSSR count). The maximum absolute atomic E-state index is 13.4. The van der Waals surface area contributed by atoms with Crippen molar-refractivity contribution in [2.45, 2.75) is 24.9 Å². The minimum absolute atomic E-state index is 0.0665. The van der Waals surface area contributed by atoms with Gasteiger partial charge in [-0.2, -0.15) is 19.3 Å². The number of fused-ring (bicyclic) bond motifs is 1. The molecular weight excluding hydrogens is 505 g/mol. The van der Waals surface area contributed by atoms with Crippen LogP contribution in [0.2, 0.25) is 5.02 Å². The molecule has 0 amide bonds. The van der Waals surface area contributed by atoms with Crippen LogP contribution in [-0.4, -0.2) is 68.6 Å². The SMILES string of the molecule is CC(C)CN1CCN(S(=O)(=O)c2cnn(C)n2)CC1c1cc2cnn(-c3ccc(F)cc3)c2cc1Cl. The number of piperazine rings is 1. The average Bonchev–Trinajstić information content (AvgIpc) is 3.45. The van der Waals surface area contributed by atoms with Gasteiger partial charge >= 0.3 is 0 Å². The van der Waals surface area contributed by atoms with E-state index in [1.807, 2.05) is 12.1 Å². The van der Waals surface area contributed by atoms with Crippen molar-refractivity contribution in [2.24, 2.45) is 13.0 Å². The molecule has 2 aromatic carbocycles. The lowest BCUT2D eigenvalue weighted by molar-refractivity contribution is 0.105. The summed E-state index contributed by atoms with van der Waals surface area (Å²) in [5.74, 6) is 0.0680. The third-order valence-corrected chi connectivity index (χ3v) is 8.41. The number of hydrogen-bond acceptors (Lipinski definition) is 6. The molecule has 190 valence electrons. The summed E-state index contributed by atoms with van der Waals surface area (Å²) in [6, 6.07) is 9.65. The second kappa shape index (κ2) is 9.55. The molecule has 3 heterocycles. The summed E-state index contributed by atoms with van der Waals surface area (Å²) in [5.41, 5.74) is 2.34. The molecule has 12 heteroatoms. The summed E-state index contributed by atoms with van der Waals surface area (Å²) < 4.78 is 43.2. The molecule has 0 N–H and O–H groups in total. The third-order valence-electron chi connectivity index (χ3n) is 6.35. The van der Waals surface area contributed by atoms with E-state index in [2.05, 4.69) is 34.0 Å². The Morgan fingerprint density at radius 1 is 1.11 bits per heavy atom. The molecular formula is C24H27ClFN7O2S. The van der Waals surface area contributed by atoms with E-state index in [-0.39, 0.29) is 23.4 Å². The topological polar surface area (TPSA) is 89.2 Å². The van der Waals surface area contributed by atoms with E-state index in [0.29, 0.717) is 24.0 Å². The van der Waals surface area contributed by atoms with E-state index in [4.69, 9.17) is 11.6 Å². The number of aromatic nitrogens is 5. The van der Waals surface area contributed by atoms with Crippen molar-refractivity contribution < 1.29 is 12.8 Å². The van der Waals surface area contributed by atoms with Crippen molar-refractivity contribution >= 4 is 32.5 Å². The summed E-state index contributed by atoms with van der Waals surface area (Å²) in [6.45, 7) is 6.22. The lowest BCUT2D eigenvalue weighted by Crippen LogP contribution is -2.51. The fraction of sp³-hybridized carbons (Fsp3) is 0.375. The highest BCUT2D eigenvalue weighted by atomic mass is 35.5. The summed E-state index contributed by atoms with van der Waals surface area (Å²) in [7, 11) is -2.22. The number of rotatable bonds is 6. The molecule has 36 heavy (non-hydrogen) atoms. The molecule has 2 aromatic heterocycles. The quantitative estimate of drug-likeness (QED) is 0.377. The van der Waals surface area contributed by atoms with Gasteiger partial charge in [0.2, 0.25) is 5.03 Å². The number of nitrogens with zero attached hydrogens (tertiary/aromatic N) is 7. The molecule has 1 aliphatic heterocycles. The first-order valence-corrected chi connectivity index (χ1v) is 13.5. The third kappa shape index (κ3) is 4.63. The molecule has 1 aliphatic rings. The van der Waals surface area contributed by atoms with Gasteiger partial charge in [-0.1, -0.05) is 25.4 Å². The fourth-order valence-corrected chi connectivity index (χ4v) is 6.29. The van der Waals surface area contributed by atoms with E-state index in [1.54, 1.807) is 30.1 Å². The smallest absolute Gasteiger partial charge is 0.264 e. The number of sulfonamides is 1. The second-order valence-electron chi connectivity index (χ2n) is 9.41. The van der Waals surface area contributed by atoms with Gasteiger partial charge in [-0.15, -0.1) is 5.10 Å². The number of aryl methyl sites for hydroxylation is 1. The molecule has 4 aromatic rings. The van der Waals surface area contributed by atoms with Crippen LogP contribution >= 0.6 is 11.6 Å². The predicted octanol–water partition coefficient (Wildman–Crippen LogP) is 3.65. The van der Waals surface area contributed by atoms with Gasteiger partial charge in [0.1, 0.15) is 5.82 Å². The first-order chi connectivity index (χ1) is 17.1. The molecule has 0 aliphatic carbocycles. The molecule has 0 radical (unpaired) electrons. The summed E-state index contributed by atoms with van der Waals surface area (Å²) >= 11 is 6.84. The van der Waals surface area contributed by atoms with Crippen molar-refractivity contribution in [2.75, 3.05) is 26.2 Å². The van der Waals surface area contributed by atoms with Gasteiger partial charge in [-0.3, -0.25) is 4.90 Å². The number of hydrogen-bond donors (Lipinski definition) is 0. The molecule has 0 bridgehead atoms. The zero-order valence-corrected chi connectivity index (χ0v) is 21.8. The van der Waals surface area contributed by atoms with Gasteiger partial charge in [0.05, 0.1) is 29.6 Å². The standard InChI is InChI=1S/C24H27ClFN7O2S/c1-16(2)14-31-8-9-32(36(34,35)24-13-27-30(3)29-24)15-23(31)20-10-17-12-28-33(22(17)11-21(20)25)19-6-4-18(26)5-7-19/h4-7,10-13,16,23H,8-9,14-15H2,1-3H3. The lowest BCUT2D eigenvalue weighted by atomic mass is 10.00. The van der Waals surface area contributed by atoms with E-state index >= 15 is 0 Å². The summed E-state index contributed by atoms with van der Waals surface area (Å²) in [6.07, 6.45) is 3.01. The van der Waals surface area contributed by atoms with Crippen LogP contribution in [0.4, 0.5) is 4.39 Å². The van der Waals surface area contributed by atoms with E-state index < -0.39 is 10.0 Å². The highest BCUT2D eigenvalue weighted by Crippen LogP contribution is 2.36. The molecule has 1 unspecified atom stereocenters. The minimum atomic E-state index is -3.80. The Morgan fingerprint density at radius 3 is 2.53 bits per heavy atom. The normalized spacial score (nSPS) is 17.9. The summed E-state index contributed by atoms with van der Waals surface area (Å²) in [5, 5.41) is 13.7. The molecule has 1 saturated heterocycles. The van der Waals surface area contributed by atoms with Crippen LogP contribution in [-0.2, 0) is 17.1 Å². The van der Waals surface area contributed by atoms with E-state index in [0.717, 1.165) is 28.7 Å². The van der Waals surface area contributed by atoms with Crippen LogP contribution in [0.25, 0.3) is 16.6 Å². The lowest BCUT2D eigenvalue weighted by Gasteiger charge is -2.41. The number of benzene rings is 2. The molecule has 9 nitrogen and oxygen atoms in total. The Kier molecular flexibility index (Phi) is 6.58. The zero-order chi connectivity index (χ0) is 25.6. The predicted molar refractivity (Wildman–Crippen MR) is 135 cm³/mol. The van der Waals surface area contributed by atoms with Crippen LogP contribution in [0.5, 0.6) is 0 Å². The van der Waals surface area contributed by atoms with Crippen molar-refractivity contribution in [3.63, 3.8) is 0 Å². The van der Waals surface area contributed by atoms with E-state index in [9.17, 15) is 12.8 Å². The molecule has 0 saturated carbocycles. The van der Waals surface area contributed by atoms with Crippen LogP contribution in [0, 0.1) is 11.7 Å². The van der Waals surface area contributed by atoms with E-state index in [1.165, 1.54) is 27.4 Å². The Balaban J connectivity index is 1.53. The van der Waals surface area contributed by atoms with Crippen molar-refractivity contribution in [3.05, 3.63) is 65.2 Å². The van der Waals surface area contributed by atoms with Gasteiger partial charge in [0.15, 0.2) is 0 Å². The monoisotopic (exact) mass is 531 g/mol. The first-order valence-electron chi connectivity index (χ1n) is 11.7. The Bertz CT molecular complexity index is 1500. The summed E-state index contributed by atoms with van der Waals surface area (Å²) in [4.78, 5) is 3.52. The van der Waals surface area contributed by atoms with Gasteiger partial charge in [0.25, 0.3) is 10.0 Å². The highest BCUT2D eigenvalue weighted by molar-refractivity contribution is 7.89. The number of halogens is 2.